The van der Waals surface area contributed by atoms with Gasteiger partial charge in [-0.05, 0) is 43.9 Å². The van der Waals surface area contributed by atoms with Crippen LogP contribution in [-0.4, -0.2) is 19.4 Å². The Labute approximate surface area is 117 Å². The molecule has 2 heterocycles. The van der Waals surface area contributed by atoms with E-state index in [0.717, 1.165) is 48.1 Å². The lowest BCUT2D eigenvalue weighted by Crippen LogP contribution is -2.23. The second-order valence-electron chi connectivity index (χ2n) is 5.42. The highest BCUT2D eigenvalue weighted by atomic mass is 16.4. The number of nitrogens with zero attached hydrogens (tertiary/aromatic N) is 1. The highest BCUT2D eigenvalue weighted by Gasteiger charge is 2.23. The van der Waals surface area contributed by atoms with Gasteiger partial charge in [0.05, 0.1) is 5.69 Å². The van der Waals surface area contributed by atoms with Gasteiger partial charge in [-0.3, -0.25) is 4.79 Å². The van der Waals surface area contributed by atoms with Crippen molar-refractivity contribution in [1.82, 2.24) is 0 Å². The van der Waals surface area contributed by atoms with Crippen LogP contribution in [0.15, 0.2) is 21.3 Å². The van der Waals surface area contributed by atoms with E-state index in [1.54, 1.807) is 0 Å². The van der Waals surface area contributed by atoms with Gasteiger partial charge in [-0.2, -0.15) is 0 Å². The number of hydrogen-bond acceptors (Lipinski definition) is 4. The summed E-state index contributed by atoms with van der Waals surface area (Å²) >= 11 is 0. The number of benzene rings is 1. The Bertz CT molecular complexity index is 739. The minimum absolute atomic E-state index is 0.143. The van der Waals surface area contributed by atoms with Gasteiger partial charge in [-0.25, -0.2) is 4.79 Å². The standard InChI is InChI=1S/C16H17NO3/c1-10-7-11(2)15-12(8-10)14(17-5-3-4-6-17)13(9-18)16(19)20-15/h7-9H,3-6H2,1-2H3. The number of anilines is 1. The van der Waals surface area contributed by atoms with Gasteiger partial charge < -0.3 is 9.32 Å². The molecule has 1 aromatic heterocycles. The van der Waals surface area contributed by atoms with Crippen molar-refractivity contribution in [3.05, 3.63) is 39.2 Å². The SMILES string of the molecule is Cc1cc(C)c2oc(=O)c(C=O)c(N3CCCC3)c2c1. The number of rotatable bonds is 2. The van der Waals surface area contributed by atoms with Crippen molar-refractivity contribution in [2.45, 2.75) is 26.7 Å². The molecular weight excluding hydrogens is 254 g/mol. The van der Waals surface area contributed by atoms with Crippen LogP contribution in [0.25, 0.3) is 11.0 Å². The minimum Gasteiger partial charge on any atom is -0.422 e. The number of fused-ring (bicyclic) bond motifs is 1. The summed E-state index contributed by atoms with van der Waals surface area (Å²) in [4.78, 5) is 25.5. The maximum absolute atomic E-state index is 12.1. The summed E-state index contributed by atoms with van der Waals surface area (Å²) in [5.41, 5.74) is 2.96. The Balaban J connectivity index is 2.43. The van der Waals surface area contributed by atoms with Crippen LogP contribution in [-0.2, 0) is 0 Å². The molecule has 0 bridgehead atoms. The second-order valence-corrected chi connectivity index (χ2v) is 5.42. The first-order valence-electron chi connectivity index (χ1n) is 6.90. The molecule has 4 heteroatoms. The maximum atomic E-state index is 12.1. The first-order chi connectivity index (χ1) is 9.61. The quantitative estimate of drug-likeness (QED) is 0.622. The van der Waals surface area contributed by atoms with Crippen LogP contribution in [0.4, 0.5) is 5.69 Å². The number of hydrogen-bond donors (Lipinski definition) is 0. The Morgan fingerprint density at radius 2 is 1.90 bits per heavy atom. The summed E-state index contributed by atoms with van der Waals surface area (Å²) in [7, 11) is 0. The molecule has 0 amide bonds. The highest BCUT2D eigenvalue weighted by Crippen LogP contribution is 2.32. The molecule has 0 aliphatic carbocycles. The van der Waals surface area contributed by atoms with Gasteiger partial charge in [-0.15, -0.1) is 0 Å². The minimum atomic E-state index is -0.540. The van der Waals surface area contributed by atoms with Gasteiger partial charge in [0.1, 0.15) is 11.1 Å². The van der Waals surface area contributed by atoms with E-state index in [1.165, 1.54) is 0 Å². The fraction of sp³-hybridized carbons (Fsp3) is 0.375. The molecule has 20 heavy (non-hydrogen) atoms. The molecule has 4 nitrogen and oxygen atoms in total. The smallest absolute Gasteiger partial charge is 0.349 e. The summed E-state index contributed by atoms with van der Waals surface area (Å²) in [5.74, 6) is 0. The van der Waals surface area contributed by atoms with Crippen LogP contribution in [0.3, 0.4) is 0 Å². The Kier molecular flexibility index (Phi) is 3.08. The molecule has 0 saturated carbocycles. The molecule has 0 N–H and O–H groups in total. The molecular formula is C16H17NO3. The summed E-state index contributed by atoms with van der Waals surface area (Å²) in [6, 6.07) is 3.98. The molecule has 1 fully saturated rings. The summed E-state index contributed by atoms with van der Waals surface area (Å²) < 4.78 is 5.36. The predicted octanol–water partition coefficient (Wildman–Crippen LogP) is 2.82. The van der Waals surface area contributed by atoms with Crippen molar-refractivity contribution in [3.8, 4) is 0 Å². The van der Waals surface area contributed by atoms with Gasteiger partial charge in [0.2, 0.25) is 0 Å². The molecule has 0 spiro atoms. The van der Waals surface area contributed by atoms with E-state index >= 15 is 0 Å². The van der Waals surface area contributed by atoms with Crippen LogP contribution in [0.2, 0.25) is 0 Å². The summed E-state index contributed by atoms with van der Waals surface area (Å²) in [6.45, 7) is 5.69. The zero-order valence-electron chi connectivity index (χ0n) is 11.7. The van der Waals surface area contributed by atoms with Gasteiger partial charge >= 0.3 is 5.63 Å². The molecule has 0 unspecified atom stereocenters. The van der Waals surface area contributed by atoms with Crippen molar-refractivity contribution < 1.29 is 9.21 Å². The number of aryl methyl sites for hydroxylation is 2. The third-order valence-corrected chi connectivity index (χ3v) is 3.88. The predicted molar refractivity (Wildman–Crippen MR) is 78.8 cm³/mol. The normalized spacial score (nSPS) is 15.0. The lowest BCUT2D eigenvalue weighted by Gasteiger charge is -2.21. The lowest BCUT2D eigenvalue weighted by molar-refractivity contribution is 0.112. The van der Waals surface area contributed by atoms with E-state index in [9.17, 15) is 9.59 Å². The van der Waals surface area contributed by atoms with E-state index in [0.29, 0.717) is 11.9 Å². The second kappa shape index (κ2) is 4.78. The van der Waals surface area contributed by atoms with Crippen molar-refractivity contribution >= 4 is 22.9 Å². The van der Waals surface area contributed by atoms with Crippen molar-refractivity contribution in [2.75, 3.05) is 18.0 Å². The van der Waals surface area contributed by atoms with Crippen LogP contribution in [0.5, 0.6) is 0 Å². The number of carbonyl (C=O) groups is 1. The largest absolute Gasteiger partial charge is 0.422 e. The van der Waals surface area contributed by atoms with E-state index in [2.05, 4.69) is 4.90 Å². The summed E-state index contributed by atoms with van der Waals surface area (Å²) in [6.07, 6.45) is 2.80. The zero-order valence-corrected chi connectivity index (χ0v) is 11.7. The van der Waals surface area contributed by atoms with Gasteiger partial charge in [-0.1, -0.05) is 6.07 Å². The van der Waals surface area contributed by atoms with E-state index < -0.39 is 5.63 Å². The van der Waals surface area contributed by atoms with Gasteiger partial charge in [0.25, 0.3) is 0 Å². The molecule has 2 aromatic rings. The van der Waals surface area contributed by atoms with Crippen LogP contribution in [0.1, 0.15) is 34.3 Å². The van der Waals surface area contributed by atoms with Crippen LogP contribution in [0, 0.1) is 13.8 Å². The first kappa shape index (κ1) is 12.9. The van der Waals surface area contributed by atoms with Crippen LogP contribution < -0.4 is 10.5 Å². The fourth-order valence-corrected chi connectivity index (χ4v) is 3.04. The summed E-state index contributed by atoms with van der Waals surface area (Å²) in [5, 5.41) is 0.867. The van der Waals surface area contributed by atoms with Crippen molar-refractivity contribution in [3.63, 3.8) is 0 Å². The van der Waals surface area contributed by atoms with Crippen molar-refractivity contribution in [1.29, 1.82) is 0 Å². The van der Waals surface area contributed by atoms with Crippen LogP contribution >= 0.6 is 0 Å². The molecule has 1 aromatic carbocycles. The maximum Gasteiger partial charge on any atom is 0.349 e. The number of aldehydes is 1. The molecule has 0 radical (unpaired) electrons. The Morgan fingerprint density at radius 3 is 2.55 bits per heavy atom. The third kappa shape index (κ3) is 1.92. The monoisotopic (exact) mass is 271 g/mol. The molecule has 1 aliphatic rings. The Hall–Kier alpha value is -2.10. The molecule has 1 saturated heterocycles. The third-order valence-electron chi connectivity index (χ3n) is 3.88. The zero-order chi connectivity index (χ0) is 14.3. The fourth-order valence-electron chi connectivity index (χ4n) is 3.04. The van der Waals surface area contributed by atoms with Gasteiger partial charge in [0, 0.05) is 18.5 Å². The average Bonchev–Trinajstić information content (AvgIpc) is 2.92. The first-order valence-corrected chi connectivity index (χ1v) is 6.90. The molecule has 104 valence electrons. The molecule has 1 aliphatic heterocycles. The highest BCUT2D eigenvalue weighted by molar-refractivity contribution is 6.00. The number of carbonyl (C=O) groups excluding carboxylic acids is 1. The van der Waals surface area contributed by atoms with E-state index in [1.807, 2.05) is 26.0 Å². The molecule has 3 rings (SSSR count). The average molecular weight is 271 g/mol. The lowest BCUT2D eigenvalue weighted by atomic mass is 10.0. The van der Waals surface area contributed by atoms with E-state index in [-0.39, 0.29) is 5.56 Å². The van der Waals surface area contributed by atoms with Gasteiger partial charge in [0.15, 0.2) is 6.29 Å². The Morgan fingerprint density at radius 1 is 1.20 bits per heavy atom. The topological polar surface area (TPSA) is 50.5 Å². The molecule has 0 atom stereocenters. The van der Waals surface area contributed by atoms with E-state index in [4.69, 9.17) is 4.42 Å². The van der Waals surface area contributed by atoms with Crippen molar-refractivity contribution in [2.24, 2.45) is 0 Å².